The fourth-order valence-electron chi connectivity index (χ4n) is 2.44. The van der Waals surface area contributed by atoms with Crippen molar-refractivity contribution in [3.05, 3.63) is 35.1 Å². The standard InChI is InChI=1S/C14H16FNO3/c1-8-3-2-4-12(8)16-13(17)10-6-5-9(14(18)19)7-11(10)15/h5-8,12H,2-4H2,1H3,(H,16,17)(H,18,19). The number of hydrogen-bond acceptors (Lipinski definition) is 2. The SMILES string of the molecule is CC1CCCC1NC(=O)c1ccc(C(=O)O)cc1F. The molecule has 1 amide bonds. The molecule has 4 nitrogen and oxygen atoms in total. The zero-order valence-electron chi connectivity index (χ0n) is 10.6. The topological polar surface area (TPSA) is 66.4 Å². The first kappa shape index (κ1) is 13.5. The van der Waals surface area contributed by atoms with Crippen LogP contribution in [-0.2, 0) is 0 Å². The third kappa shape index (κ3) is 2.92. The molecule has 2 N–H and O–H groups in total. The number of rotatable bonds is 3. The van der Waals surface area contributed by atoms with Gasteiger partial charge in [0.1, 0.15) is 5.82 Å². The molecule has 2 rings (SSSR count). The number of amides is 1. The third-order valence-corrected chi connectivity index (χ3v) is 3.64. The number of benzene rings is 1. The average Bonchev–Trinajstić information content (AvgIpc) is 2.74. The van der Waals surface area contributed by atoms with Crippen molar-refractivity contribution in [2.24, 2.45) is 5.92 Å². The fourth-order valence-corrected chi connectivity index (χ4v) is 2.44. The van der Waals surface area contributed by atoms with Crippen molar-refractivity contribution in [1.29, 1.82) is 0 Å². The predicted molar refractivity (Wildman–Crippen MR) is 67.6 cm³/mol. The van der Waals surface area contributed by atoms with E-state index >= 15 is 0 Å². The van der Waals surface area contributed by atoms with E-state index in [1.807, 2.05) is 0 Å². The Hall–Kier alpha value is -1.91. The van der Waals surface area contributed by atoms with Gasteiger partial charge in [-0.15, -0.1) is 0 Å². The van der Waals surface area contributed by atoms with Crippen LogP contribution < -0.4 is 5.32 Å². The molecule has 0 radical (unpaired) electrons. The van der Waals surface area contributed by atoms with Crippen LogP contribution in [0.3, 0.4) is 0 Å². The number of halogens is 1. The highest BCUT2D eigenvalue weighted by Gasteiger charge is 2.26. The van der Waals surface area contributed by atoms with Crippen molar-refractivity contribution in [3.63, 3.8) is 0 Å². The smallest absolute Gasteiger partial charge is 0.335 e. The number of carbonyl (C=O) groups excluding carboxylic acids is 1. The number of carbonyl (C=O) groups is 2. The van der Waals surface area contributed by atoms with Crippen LogP contribution in [0.4, 0.5) is 4.39 Å². The summed E-state index contributed by atoms with van der Waals surface area (Å²) in [6, 6.07) is 3.40. The molecule has 1 aliphatic rings. The van der Waals surface area contributed by atoms with E-state index in [2.05, 4.69) is 12.2 Å². The second-order valence-corrected chi connectivity index (χ2v) is 4.99. The van der Waals surface area contributed by atoms with Crippen molar-refractivity contribution < 1.29 is 19.1 Å². The first-order valence-corrected chi connectivity index (χ1v) is 6.32. The summed E-state index contributed by atoms with van der Waals surface area (Å²) in [7, 11) is 0. The minimum atomic E-state index is -1.21. The zero-order valence-corrected chi connectivity index (χ0v) is 10.6. The summed E-state index contributed by atoms with van der Waals surface area (Å²) < 4.78 is 13.7. The van der Waals surface area contributed by atoms with Crippen molar-refractivity contribution in [2.75, 3.05) is 0 Å². The summed E-state index contributed by atoms with van der Waals surface area (Å²) >= 11 is 0. The van der Waals surface area contributed by atoms with Crippen molar-refractivity contribution in [3.8, 4) is 0 Å². The minimum Gasteiger partial charge on any atom is -0.478 e. The van der Waals surface area contributed by atoms with Crippen molar-refractivity contribution in [2.45, 2.75) is 32.2 Å². The maximum Gasteiger partial charge on any atom is 0.335 e. The maximum atomic E-state index is 13.7. The summed E-state index contributed by atoms with van der Waals surface area (Å²) in [5.74, 6) is -2.10. The van der Waals surface area contributed by atoms with E-state index in [4.69, 9.17) is 5.11 Å². The van der Waals surface area contributed by atoms with Gasteiger partial charge in [-0.2, -0.15) is 0 Å². The lowest BCUT2D eigenvalue weighted by molar-refractivity contribution is 0.0695. The molecule has 5 heteroatoms. The summed E-state index contributed by atoms with van der Waals surface area (Å²) in [4.78, 5) is 22.6. The Morgan fingerprint density at radius 1 is 1.37 bits per heavy atom. The van der Waals surface area contributed by atoms with Crippen LogP contribution >= 0.6 is 0 Å². The van der Waals surface area contributed by atoms with Crippen molar-refractivity contribution >= 4 is 11.9 Å². The number of nitrogens with one attached hydrogen (secondary N) is 1. The minimum absolute atomic E-state index is 0.0750. The van der Waals surface area contributed by atoms with Gasteiger partial charge in [0, 0.05) is 6.04 Å². The first-order valence-electron chi connectivity index (χ1n) is 6.32. The van der Waals surface area contributed by atoms with E-state index in [0.29, 0.717) is 5.92 Å². The Morgan fingerprint density at radius 2 is 2.11 bits per heavy atom. The number of carboxylic acids is 1. The largest absolute Gasteiger partial charge is 0.478 e. The number of hydrogen-bond donors (Lipinski definition) is 2. The summed E-state index contributed by atoms with van der Waals surface area (Å²) in [5.41, 5.74) is -0.271. The molecule has 0 saturated heterocycles. The summed E-state index contributed by atoms with van der Waals surface area (Å²) in [6.07, 6.45) is 3.03. The molecule has 1 aliphatic carbocycles. The van der Waals surface area contributed by atoms with Crippen molar-refractivity contribution in [1.82, 2.24) is 5.32 Å². The van der Waals surface area contributed by atoms with Crippen LogP contribution in [0.2, 0.25) is 0 Å². The van der Waals surface area contributed by atoms with Crippen LogP contribution in [0.15, 0.2) is 18.2 Å². The van der Waals surface area contributed by atoms with Gasteiger partial charge in [-0.1, -0.05) is 13.3 Å². The van der Waals surface area contributed by atoms with Crippen LogP contribution in [0.1, 0.15) is 46.9 Å². The van der Waals surface area contributed by atoms with Gasteiger partial charge in [-0.05, 0) is 37.0 Å². The molecule has 19 heavy (non-hydrogen) atoms. The van der Waals surface area contributed by atoms with E-state index in [1.165, 1.54) is 12.1 Å². The van der Waals surface area contributed by atoms with Gasteiger partial charge in [0.15, 0.2) is 0 Å². The zero-order chi connectivity index (χ0) is 14.0. The quantitative estimate of drug-likeness (QED) is 0.882. The van der Waals surface area contributed by atoms with Gasteiger partial charge in [0.25, 0.3) is 5.91 Å². The second-order valence-electron chi connectivity index (χ2n) is 4.99. The predicted octanol–water partition coefficient (Wildman–Crippen LogP) is 2.44. The molecule has 1 aromatic carbocycles. The van der Waals surface area contributed by atoms with Crippen LogP contribution in [0.5, 0.6) is 0 Å². The Kier molecular flexibility index (Phi) is 3.83. The second kappa shape index (κ2) is 5.38. The van der Waals surface area contributed by atoms with Crippen LogP contribution in [0, 0.1) is 11.7 Å². The fraction of sp³-hybridized carbons (Fsp3) is 0.429. The number of aromatic carboxylic acids is 1. The lowest BCUT2D eigenvalue weighted by atomic mass is 10.1. The van der Waals surface area contributed by atoms with E-state index in [-0.39, 0.29) is 17.2 Å². The highest BCUT2D eigenvalue weighted by molar-refractivity contribution is 5.96. The van der Waals surface area contributed by atoms with Gasteiger partial charge >= 0.3 is 5.97 Å². The molecular weight excluding hydrogens is 249 g/mol. The van der Waals surface area contributed by atoms with E-state index in [9.17, 15) is 14.0 Å². The molecule has 1 aromatic rings. The Morgan fingerprint density at radius 3 is 2.63 bits per heavy atom. The molecule has 0 bridgehead atoms. The lowest BCUT2D eigenvalue weighted by Crippen LogP contribution is -2.36. The monoisotopic (exact) mass is 265 g/mol. The molecule has 0 aliphatic heterocycles. The van der Waals surface area contributed by atoms with Crippen LogP contribution in [-0.4, -0.2) is 23.0 Å². The van der Waals surface area contributed by atoms with Crippen LogP contribution in [0.25, 0.3) is 0 Å². The molecule has 102 valence electrons. The Bertz CT molecular complexity index is 515. The first-order chi connectivity index (χ1) is 8.99. The lowest BCUT2D eigenvalue weighted by Gasteiger charge is -2.17. The molecule has 2 unspecified atom stereocenters. The number of carboxylic acid groups (broad SMARTS) is 1. The Labute approximate surface area is 110 Å². The molecule has 0 spiro atoms. The molecular formula is C14H16FNO3. The molecule has 1 fully saturated rings. The maximum absolute atomic E-state index is 13.7. The van der Waals surface area contributed by atoms with E-state index in [1.54, 1.807) is 0 Å². The van der Waals surface area contributed by atoms with Gasteiger partial charge in [-0.3, -0.25) is 4.79 Å². The van der Waals surface area contributed by atoms with Gasteiger partial charge < -0.3 is 10.4 Å². The van der Waals surface area contributed by atoms with E-state index < -0.39 is 17.7 Å². The third-order valence-electron chi connectivity index (χ3n) is 3.64. The van der Waals surface area contributed by atoms with Gasteiger partial charge in [0.2, 0.25) is 0 Å². The highest BCUT2D eigenvalue weighted by Crippen LogP contribution is 2.25. The summed E-state index contributed by atoms with van der Waals surface area (Å²) in [6.45, 7) is 2.06. The van der Waals surface area contributed by atoms with Gasteiger partial charge in [-0.25, -0.2) is 9.18 Å². The highest BCUT2D eigenvalue weighted by atomic mass is 19.1. The molecule has 1 saturated carbocycles. The Balaban J connectivity index is 2.13. The summed E-state index contributed by atoms with van der Waals surface area (Å²) in [5, 5.41) is 11.5. The molecule has 0 heterocycles. The normalized spacial score (nSPS) is 22.2. The van der Waals surface area contributed by atoms with Gasteiger partial charge in [0.05, 0.1) is 11.1 Å². The van der Waals surface area contributed by atoms with E-state index in [0.717, 1.165) is 25.3 Å². The average molecular weight is 265 g/mol. The molecule has 0 aromatic heterocycles. The molecule has 2 atom stereocenters.